The fourth-order valence-corrected chi connectivity index (χ4v) is 4.17. The molecular weight excluding hydrogens is 306 g/mol. The summed E-state index contributed by atoms with van der Waals surface area (Å²) < 4.78 is 16.6. The molecule has 0 saturated heterocycles. The van der Waals surface area contributed by atoms with Crippen molar-refractivity contribution in [3.63, 3.8) is 0 Å². The molecule has 0 bridgehead atoms. The first-order valence-corrected chi connectivity index (χ1v) is 8.83. The van der Waals surface area contributed by atoms with Gasteiger partial charge in [0.15, 0.2) is 11.5 Å². The van der Waals surface area contributed by atoms with Crippen LogP contribution in [0.3, 0.4) is 0 Å². The Bertz CT molecular complexity index is 657. The van der Waals surface area contributed by atoms with Crippen molar-refractivity contribution in [1.29, 1.82) is 0 Å². The van der Waals surface area contributed by atoms with Crippen molar-refractivity contribution in [1.82, 2.24) is 4.90 Å². The predicted molar refractivity (Wildman–Crippen MR) is 90.4 cm³/mol. The maximum absolute atomic E-state index is 10.9. The van der Waals surface area contributed by atoms with E-state index in [-0.39, 0.29) is 18.8 Å². The molecule has 130 valence electrons. The molecule has 0 amide bonds. The van der Waals surface area contributed by atoms with E-state index in [4.69, 9.17) is 14.2 Å². The SMILES string of the molecule is CCCCN1CCc2cc3c(cc2[C@H]2C1C=C(OC)[C@H]2O)OCO3. The maximum atomic E-state index is 10.9. The monoisotopic (exact) mass is 331 g/mol. The molecule has 5 heteroatoms. The Morgan fingerprint density at radius 2 is 2.08 bits per heavy atom. The van der Waals surface area contributed by atoms with Crippen LogP contribution >= 0.6 is 0 Å². The van der Waals surface area contributed by atoms with E-state index in [1.807, 2.05) is 0 Å². The van der Waals surface area contributed by atoms with E-state index in [2.05, 4.69) is 30.0 Å². The summed E-state index contributed by atoms with van der Waals surface area (Å²) in [5.41, 5.74) is 2.41. The lowest BCUT2D eigenvalue weighted by molar-refractivity contribution is 0.0997. The number of nitrogens with zero attached hydrogens (tertiary/aromatic N) is 1. The van der Waals surface area contributed by atoms with Gasteiger partial charge < -0.3 is 19.3 Å². The molecule has 1 aromatic rings. The van der Waals surface area contributed by atoms with Gasteiger partial charge in [0.25, 0.3) is 0 Å². The lowest BCUT2D eigenvalue weighted by atomic mass is 9.87. The van der Waals surface area contributed by atoms with Gasteiger partial charge in [-0.15, -0.1) is 0 Å². The molecule has 1 unspecified atom stereocenters. The Morgan fingerprint density at radius 1 is 1.29 bits per heavy atom. The van der Waals surface area contributed by atoms with Gasteiger partial charge in [-0.05, 0) is 48.7 Å². The number of fused-ring (bicyclic) bond motifs is 4. The smallest absolute Gasteiger partial charge is 0.231 e. The molecule has 3 atom stereocenters. The number of ether oxygens (including phenoxy) is 3. The zero-order chi connectivity index (χ0) is 16.7. The Hall–Kier alpha value is -1.72. The number of benzene rings is 1. The summed E-state index contributed by atoms with van der Waals surface area (Å²) >= 11 is 0. The molecule has 0 spiro atoms. The highest BCUT2D eigenvalue weighted by atomic mass is 16.7. The van der Waals surface area contributed by atoms with Gasteiger partial charge in [-0.3, -0.25) is 4.90 Å². The number of aliphatic hydroxyl groups excluding tert-OH is 1. The topological polar surface area (TPSA) is 51.2 Å². The quantitative estimate of drug-likeness (QED) is 0.918. The van der Waals surface area contributed by atoms with Gasteiger partial charge >= 0.3 is 0 Å². The third-order valence-corrected chi connectivity index (χ3v) is 5.45. The third-order valence-electron chi connectivity index (χ3n) is 5.45. The standard InChI is InChI=1S/C19H25NO4/c1-3-4-6-20-7-5-12-8-15-16(24-11-23-15)9-13(12)18-14(20)10-17(22-2)19(18)21/h8-10,14,18-19,21H,3-7,11H2,1-2H3/t14?,18-,19+/m0/s1. The van der Waals surface area contributed by atoms with Gasteiger partial charge in [-0.25, -0.2) is 0 Å². The molecular formula is C19H25NO4. The molecule has 2 heterocycles. The van der Waals surface area contributed by atoms with Crippen LogP contribution in [0, 0.1) is 0 Å². The molecule has 1 aromatic carbocycles. The largest absolute Gasteiger partial charge is 0.499 e. The Labute approximate surface area is 142 Å². The van der Waals surface area contributed by atoms with E-state index >= 15 is 0 Å². The molecule has 5 nitrogen and oxygen atoms in total. The first kappa shape index (κ1) is 15.8. The molecule has 4 rings (SSSR count). The van der Waals surface area contributed by atoms with E-state index in [9.17, 15) is 5.11 Å². The van der Waals surface area contributed by atoms with Gasteiger partial charge in [0, 0.05) is 18.5 Å². The van der Waals surface area contributed by atoms with Crippen LogP contribution in [0.4, 0.5) is 0 Å². The second-order valence-corrected chi connectivity index (χ2v) is 6.78. The van der Waals surface area contributed by atoms with E-state index in [0.29, 0.717) is 5.76 Å². The van der Waals surface area contributed by atoms with Crippen molar-refractivity contribution >= 4 is 0 Å². The summed E-state index contributed by atoms with van der Waals surface area (Å²) in [6.07, 6.45) is 4.78. The highest BCUT2D eigenvalue weighted by Crippen LogP contribution is 2.45. The summed E-state index contributed by atoms with van der Waals surface area (Å²) in [4.78, 5) is 2.48. The minimum Gasteiger partial charge on any atom is -0.499 e. The highest BCUT2D eigenvalue weighted by Gasteiger charge is 2.43. The average molecular weight is 331 g/mol. The molecule has 3 aliphatic rings. The average Bonchev–Trinajstić information content (AvgIpc) is 3.13. The number of hydrogen-bond acceptors (Lipinski definition) is 5. The van der Waals surface area contributed by atoms with Crippen LogP contribution in [0.15, 0.2) is 24.0 Å². The van der Waals surface area contributed by atoms with E-state index in [1.54, 1.807) is 7.11 Å². The summed E-state index contributed by atoms with van der Waals surface area (Å²) in [6, 6.07) is 4.33. The van der Waals surface area contributed by atoms with E-state index < -0.39 is 6.10 Å². The van der Waals surface area contributed by atoms with Gasteiger partial charge in [-0.1, -0.05) is 13.3 Å². The molecule has 24 heavy (non-hydrogen) atoms. The summed E-state index contributed by atoms with van der Waals surface area (Å²) in [7, 11) is 1.64. The zero-order valence-electron chi connectivity index (χ0n) is 14.3. The lowest BCUT2D eigenvalue weighted by Gasteiger charge is -2.31. The Kier molecular flexibility index (Phi) is 4.14. The molecule has 0 aromatic heterocycles. The molecule has 0 fully saturated rings. The second kappa shape index (κ2) is 6.30. The first-order chi connectivity index (χ1) is 11.7. The fourth-order valence-electron chi connectivity index (χ4n) is 4.17. The van der Waals surface area contributed by atoms with E-state index in [0.717, 1.165) is 37.4 Å². The fraction of sp³-hybridized carbons (Fsp3) is 0.579. The van der Waals surface area contributed by atoms with Crippen molar-refractivity contribution in [2.75, 3.05) is 27.0 Å². The van der Waals surface area contributed by atoms with Crippen LogP contribution in [-0.2, 0) is 11.2 Å². The molecule has 1 aliphatic carbocycles. The van der Waals surface area contributed by atoms with Crippen LogP contribution in [0.2, 0.25) is 0 Å². The van der Waals surface area contributed by atoms with Crippen LogP contribution in [0.25, 0.3) is 0 Å². The zero-order valence-corrected chi connectivity index (χ0v) is 14.3. The first-order valence-electron chi connectivity index (χ1n) is 8.83. The van der Waals surface area contributed by atoms with Crippen molar-refractivity contribution in [3.05, 3.63) is 35.1 Å². The van der Waals surface area contributed by atoms with E-state index in [1.165, 1.54) is 17.5 Å². The molecule has 0 radical (unpaired) electrons. The Balaban J connectivity index is 1.75. The molecule has 2 aliphatic heterocycles. The number of unbranched alkanes of at least 4 members (excludes halogenated alkanes) is 1. The summed E-state index contributed by atoms with van der Waals surface area (Å²) in [6.45, 7) is 4.51. The molecule has 0 saturated carbocycles. The third kappa shape index (κ3) is 2.47. The number of hydrogen-bond donors (Lipinski definition) is 1. The number of methoxy groups -OCH3 is 1. The second-order valence-electron chi connectivity index (χ2n) is 6.78. The van der Waals surface area contributed by atoms with Crippen LogP contribution < -0.4 is 9.47 Å². The van der Waals surface area contributed by atoms with Crippen molar-refractivity contribution in [2.24, 2.45) is 0 Å². The predicted octanol–water partition coefficient (Wildman–Crippen LogP) is 2.43. The summed E-state index contributed by atoms with van der Waals surface area (Å²) in [5.74, 6) is 2.27. The van der Waals surface area contributed by atoms with Crippen molar-refractivity contribution in [2.45, 2.75) is 44.2 Å². The minimum atomic E-state index is -0.610. The molecule has 1 N–H and O–H groups in total. The van der Waals surface area contributed by atoms with Crippen LogP contribution in [-0.4, -0.2) is 49.1 Å². The van der Waals surface area contributed by atoms with Gasteiger partial charge in [-0.2, -0.15) is 0 Å². The summed E-state index contributed by atoms with van der Waals surface area (Å²) in [5, 5.41) is 10.9. The van der Waals surface area contributed by atoms with Gasteiger partial charge in [0.05, 0.1) is 7.11 Å². The minimum absolute atomic E-state index is 0.0104. The number of rotatable bonds is 4. The maximum Gasteiger partial charge on any atom is 0.231 e. The van der Waals surface area contributed by atoms with Gasteiger partial charge in [0.1, 0.15) is 11.9 Å². The van der Waals surface area contributed by atoms with Crippen LogP contribution in [0.5, 0.6) is 11.5 Å². The Morgan fingerprint density at radius 3 is 2.83 bits per heavy atom. The normalized spacial score (nSPS) is 28.1. The lowest BCUT2D eigenvalue weighted by Crippen LogP contribution is -2.39. The van der Waals surface area contributed by atoms with Crippen LogP contribution in [0.1, 0.15) is 36.8 Å². The van der Waals surface area contributed by atoms with Gasteiger partial charge in [0.2, 0.25) is 6.79 Å². The number of aliphatic hydroxyl groups is 1. The highest BCUT2D eigenvalue weighted by molar-refractivity contribution is 5.52. The van der Waals surface area contributed by atoms with Crippen molar-refractivity contribution in [3.8, 4) is 11.5 Å². The van der Waals surface area contributed by atoms with Crippen molar-refractivity contribution < 1.29 is 19.3 Å².